The molecule has 0 amide bonds. The smallest absolute Gasteiger partial charge is 0.321 e. The summed E-state index contributed by atoms with van der Waals surface area (Å²) in [5.41, 5.74) is -0.0929. The van der Waals surface area contributed by atoms with E-state index in [4.69, 9.17) is 5.11 Å². The Morgan fingerprint density at radius 1 is 1.47 bits per heavy atom. The molecule has 1 aromatic carbocycles. The topological polar surface area (TPSA) is 127 Å². The summed E-state index contributed by atoms with van der Waals surface area (Å²) in [5.74, 6) is -1.34. The van der Waals surface area contributed by atoms with Crippen molar-refractivity contribution in [2.24, 2.45) is 0 Å². The van der Waals surface area contributed by atoms with Gasteiger partial charge in [0.2, 0.25) is 10.0 Å². The summed E-state index contributed by atoms with van der Waals surface area (Å²) in [6, 6.07) is 2.03. The van der Waals surface area contributed by atoms with Gasteiger partial charge in [-0.25, -0.2) is 8.42 Å². The number of carbonyl (C=O) groups is 1. The molecule has 9 heteroatoms. The molecule has 1 atom stereocenters. The Morgan fingerprint density at radius 3 is 2.53 bits per heavy atom. The van der Waals surface area contributed by atoms with E-state index in [0.717, 1.165) is 13.0 Å². The number of nitro benzene ring substituents is 1. The zero-order valence-corrected chi connectivity index (χ0v) is 11.0. The second-order valence-electron chi connectivity index (χ2n) is 3.89. The lowest BCUT2D eigenvalue weighted by Gasteiger charge is -2.11. The molecule has 0 saturated heterocycles. The number of carboxylic acid groups (broad SMARTS) is 1. The molecule has 8 nitrogen and oxygen atoms in total. The quantitative estimate of drug-likeness (QED) is 0.605. The lowest BCUT2D eigenvalue weighted by molar-refractivity contribution is -0.385. The van der Waals surface area contributed by atoms with Crippen LogP contribution in [0, 0.1) is 17.0 Å². The molecule has 0 unspecified atom stereocenters. The molecule has 0 bridgehead atoms. The van der Waals surface area contributed by atoms with Crippen LogP contribution in [0.2, 0.25) is 0 Å². The molecule has 0 spiro atoms. The molecule has 0 aliphatic carbocycles. The van der Waals surface area contributed by atoms with Crippen molar-refractivity contribution in [3.05, 3.63) is 33.9 Å². The van der Waals surface area contributed by atoms with Gasteiger partial charge in [0, 0.05) is 12.1 Å². The molecule has 0 radical (unpaired) electrons. The van der Waals surface area contributed by atoms with Gasteiger partial charge in [0.1, 0.15) is 6.04 Å². The molecule has 1 aromatic rings. The van der Waals surface area contributed by atoms with Gasteiger partial charge >= 0.3 is 5.97 Å². The highest BCUT2D eigenvalue weighted by molar-refractivity contribution is 7.89. The third-order valence-electron chi connectivity index (χ3n) is 2.37. The normalized spacial score (nSPS) is 12.9. The summed E-state index contributed by atoms with van der Waals surface area (Å²) in [4.78, 5) is 20.2. The summed E-state index contributed by atoms with van der Waals surface area (Å²) in [6.07, 6.45) is 0. The van der Waals surface area contributed by atoms with Crippen LogP contribution < -0.4 is 4.72 Å². The maximum atomic E-state index is 11.9. The van der Waals surface area contributed by atoms with Crippen molar-refractivity contribution in [2.45, 2.75) is 24.8 Å². The van der Waals surface area contributed by atoms with Crippen LogP contribution in [-0.4, -0.2) is 30.5 Å². The number of nitro groups is 1. The number of benzene rings is 1. The third-order valence-corrected chi connectivity index (χ3v) is 4.06. The third kappa shape index (κ3) is 3.48. The number of rotatable bonds is 5. The van der Waals surface area contributed by atoms with E-state index in [1.807, 2.05) is 4.72 Å². The Balaban J connectivity index is 3.24. The maximum Gasteiger partial charge on any atom is 0.321 e. The average molecular weight is 288 g/mol. The van der Waals surface area contributed by atoms with Crippen LogP contribution in [0.5, 0.6) is 0 Å². The fourth-order valence-electron chi connectivity index (χ4n) is 1.34. The predicted octanol–water partition coefficient (Wildman–Crippen LogP) is 0.655. The fourth-order valence-corrected chi connectivity index (χ4v) is 2.80. The Morgan fingerprint density at radius 2 is 2.05 bits per heavy atom. The van der Waals surface area contributed by atoms with Crippen LogP contribution in [0.15, 0.2) is 23.1 Å². The lowest BCUT2D eigenvalue weighted by atomic mass is 10.2. The average Bonchev–Trinajstić information content (AvgIpc) is 2.28. The highest BCUT2D eigenvalue weighted by Gasteiger charge is 2.24. The molecule has 0 aliphatic rings. The Labute approximate surface area is 109 Å². The zero-order valence-electron chi connectivity index (χ0n) is 10.2. The van der Waals surface area contributed by atoms with Gasteiger partial charge in [0.25, 0.3) is 5.69 Å². The number of non-ortho nitro benzene ring substituents is 1. The van der Waals surface area contributed by atoms with Gasteiger partial charge in [-0.15, -0.1) is 0 Å². The molecule has 19 heavy (non-hydrogen) atoms. The summed E-state index contributed by atoms with van der Waals surface area (Å²) in [7, 11) is -4.13. The van der Waals surface area contributed by atoms with E-state index in [1.54, 1.807) is 0 Å². The van der Waals surface area contributed by atoms with Crippen LogP contribution in [-0.2, 0) is 14.8 Å². The van der Waals surface area contributed by atoms with Crippen molar-refractivity contribution in [1.29, 1.82) is 0 Å². The van der Waals surface area contributed by atoms with Crippen LogP contribution in [0.25, 0.3) is 0 Å². The molecule has 0 aliphatic heterocycles. The number of carboxylic acids is 1. The first-order valence-corrected chi connectivity index (χ1v) is 6.63. The molecular formula is C10H12N2O6S. The standard InChI is InChI=1S/C10H12N2O6S/c1-6-3-4-8(12(15)16)5-9(6)19(17,18)11-7(2)10(13)14/h3-5,7,11H,1-2H3,(H,13,14)/t7-/m0/s1. The second-order valence-corrected chi connectivity index (χ2v) is 5.57. The summed E-state index contributed by atoms with van der Waals surface area (Å²) >= 11 is 0. The van der Waals surface area contributed by atoms with Gasteiger partial charge in [-0.05, 0) is 19.4 Å². The van der Waals surface area contributed by atoms with E-state index in [-0.39, 0.29) is 16.1 Å². The number of sulfonamides is 1. The predicted molar refractivity (Wildman–Crippen MR) is 65.3 cm³/mol. The van der Waals surface area contributed by atoms with Crippen LogP contribution in [0.1, 0.15) is 12.5 Å². The van der Waals surface area contributed by atoms with E-state index < -0.39 is 27.0 Å². The van der Waals surface area contributed by atoms with Crippen molar-refractivity contribution < 1.29 is 23.2 Å². The van der Waals surface area contributed by atoms with Gasteiger partial charge in [0.05, 0.1) is 9.82 Å². The lowest BCUT2D eigenvalue weighted by Crippen LogP contribution is -2.38. The molecule has 0 fully saturated rings. The van der Waals surface area contributed by atoms with Crippen molar-refractivity contribution in [3.63, 3.8) is 0 Å². The van der Waals surface area contributed by atoms with E-state index in [0.29, 0.717) is 0 Å². The highest BCUT2D eigenvalue weighted by Crippen LogP contribution is 2.21. The monoisotopic (exact) mass is 288 g/mol. The highest BCUT2D eigenvalue weighted by atomic mass is 32.2. The van der Waals surface area contributed by atoms with Crippen LogP contribution in [0.4, 0.5) is 5.69 Å². The number of nitrogens with zero attached hydrogens (tertiary/aromatic N) is 1. The number of aryl methyl sites for hydroxylation is 1. The minimum atomic E-state index is -4.13. The molecule has 0 heterocycles. The summed E-state index contributed by atoms with van der Waals surface area (Å²) < 4.78 is 25.8. The number of hydrogen-bond acceptors (Lipinski definition) is 5. The van der Waals surface area contributed by atoms with Crippen LogP contribution >= 0.6 is 0 Å². The number of aliphatic carboxylic acids is 1. The first kappa shape index (κ1) is 15.1. The fraction of sp³-hybridized carbons (Fsp3) is 0.300. The molecular weight excluding hydrogens is 276 g/mol. The van der Waals surface area contributed by atoms with Crippen molar-refractivity contribution >= 4 is 21.7 Å². The second kappa shape index (κ2) is 5.33. The zero-order chi connectivity index (χ0) is 14.8. The van der Waals surface area contributed by atoms with Crippen molar-refractivity contribution in [2.75, 3.05) is 0 Å². The first-order valence-electron chi connectivity index (χ1n) is 5.15. The van der Waals surface area contributed by atoms with Gasteiger partial charge in [-0.3, -0.25) is 14.9 Å². The molecule has 2 N–H and O–H groups in total. The van der Waals surface area contributed by atoms with Gasteiger partial charge in [0.15, 0.2) is 0 Å². The van der Waals surface area contributed by atoms with Gasteiger partial charge in [-0.2, -0.15) is 4.72 Å². The largest absolute Gasteiger partial charge is 0.480 e. The Kier molecular flexibility index (Phi) is 4.22. The molecule has 0 aromatic heterocycles. The molecule has 0 saturated carbocycles. The SMILES string of the molecule is Cc1ccc([N+](=O)[O-])cc1S(=O)(=O)N[C@@H](C)C(=O)O. The maximum absolute atomic E-state index is 11.9. The number of nitrogens with one attached hydrogen (secondary N) is 1. The van der Waals surface area contributed by atoms with E-state index in [9.17, 15) is 23.3 Å². The van der Waals surface area contributed by atoms with E-state index >= 15 is 0 Å². The Hall–Kier alpha value is -2.00. The minimum Gasteiger partial charge on any atom is -0.480 e. The van der Waals surface area contributed by atoms with E-state index in [2.05, 4.69) is 0 Å². The summed E-state index contributed by atoms with van der Waals surface area (Å²) in [6.45, 7) is 2.62. The van der Waals surface area contributed by atoms with Crippen molar-refractivity contribution in [1.82, 2.24) is 4.72 Å². The van der Waals surface area contributed by atoms with Gasteiger partial charge in [-0.1, -0.05) is 6.07 Å². The first-order chi connectivity index (χ1) is 8.65. The van der Waals surface area contributed by atoms with Crippen LogP contribution in [0.3, 0.4) is 0 Å². The van der Waals surface area contributed by atoms with Crippen molar-refractivity contribution in [3.8, 4) is 0 Å². The molecule has 104 valence electrons. The Bertz CT molecular complexity index is 625. The number of hydrogen-bond donors (Lipinski definition) is 2. The van der Waals surface area contributed by atoms with E-state index in [1.165, 1.54) is 19.1 Å². The molecule has 1 rings (SSSR count). The van der Waals surface area contributed by atoms with Gasteiger partial charge < -0.3 is 5.11 Å². The summed E-state index contributed by atoms with van der Waals surface area (Å²) in [5, 5.41) is 19.3. The minimum absolute atomic E-state index is 0.288.